The summed E-state index contributed by atoms with van der Waals surface area (Å²) in [5.74, 6) is 0. The Kier molecular flexibility index (Phi) is 5.97. The van der Waals surface area contributed by atoms with Crippen LogP contribution in [0.3, 0.4) is 0 Å². The molecular weight excluding hydrogens is 266 g/mol. The number of halogens is 1. The molecule has 0 amide bonds. The van der Waals surface area contributed by atoms with E-state index in [1.165, 1.54) is 50.9 Å². The minimum absolute atomic E-state index is 0. The molecule has 0 aliphatic carbocycles. The number of rotatable bonds is 0. The summed E-state index contributed by atoms with van der Waals surface area (Å²) in [4.78, 5) is 0. The first-order chi connectivity index (χ1) is 3.39. The van der Waals surface area contributed by atoms with Crippen molar-refractivity contribution in [3.8, 4) is 0 Å². The molecule has 1 rings (SSSR count). The van der Waals surface area contributed by atoms with Crippen molar-refractivity contribution in [3.05, 3.63) is 0 Å². The van der Waals surface area contributed by atoms with Crippen LogP contribution in [0, 0.1) is 0 Å². The SMILES string of the molecule is I.[Zn][N]1CCCCC1. The average molecular weight is 277 g/mol. The summed E-state index contributed by atoms with van der Waals surface area (Å²) >= 11 is 1.38. The molecule has 45 valence electrons. The predicted molar refractivity (Wildman–Crippen MR) is 40.8 cm³/mol. The molecule has 1 nitrogen and oxygen atoms in total. The third-order valence-corrected chi connectivity index (χ3v) is 2.78. The Morgan fingerprint density at radius 1 is 1.00 bits per heavy atom. The molecule has 1 fully saturated rings. The van der Waals surface area contributed by atoms with Crippen molar-refractivity contribution in [2.24, 2.45) is 0 Å². The number of hydrogen-bond donors (Lipinski definition) is 0. The Balaban J connectivity index is 0.000000490. The van der Waals surface area contributed by atoms with Gasteiger partial charge >= 0.3 is 54.5 Å². The summed E-state index contributed by atoms with van der Waals surface area (Å²) in [7, 11) is 0. The zero-order chi connectivity index (χ0) is 5.11. The van der Waals surface area contributed by atoms with Crippen LogP contribution in [-0.4, -0.2) is 16.7 Å². The van der Waals surface area contributed by atoms with Crippen molar-refractivity contribution in [1.29, 1.82) is 0 Å². The fourth-order valence-electron chi connectivity index (χ4n) is 0.959. The summed E-state index contributed by atoms with van der Waals surface area (Å²) in [5.41, 5.74) is 0. The molecule has 0 unspecified atom stereocenters. The summed E-state index contributed by atoms with van der Waals surface area (Å²) in [6.07, 6.45) is 4.36. The van der Waals surface area contributed by atoms with Crippen LogP contribution in [0.25, 0.3) is 0 Å². The van der Waals surface area contributed by atoms with Gasteiger partial charge in [-0.15, -0.1) is 24.0 Å². The van der Waals surface area contributed by atoms with E-state index in [-0.39, 0.29) is 24.0 Å². The second kappa shape index (κ2) is 5.13. The molecule has 0 aromatic carbocycles. The number of hydrogen-bond acceptors (Lipinski definition) is 1. The Bertz CT molecular complexity index is 54.4. The average Bonchev–Trinajstić information content (AvgIpc) is 1.69. The maximum absolute atomic E-state index is 2.52. The van der Waals surface area contributed by atoms with Crippen LogP contribution in [0.15, 0.2) is 0 Å². The van der Waals surface area contributed by atoms with Gasteiger partial charge in [-0.05, 0) is 0 Å². The Hall–Kier alpha value is 1.31. The fraction of sp³-hybridized carbons (Fsp3) is 1.00. The van der Waals surface area contributed by atoms with Gasteiger partial charge in [-0.2, -0.15) is 0 Å². The van der Waals surface area contributed by atoms with Crippen molar-refractivity contribution in [3.63, 3.8) is 0 Å². The predicted octanol–water partition coefficient (Wildman–Crippen LogP) is 1.55. The minimum atomic E-state index is 0. The van der Waals surface area contributed by atoms with Crippen molar-refractivity contribution in [2.45, 2.75) is 19.3 Å². The van der Waals surface area contributed by atoms with E-state index < -0.39 is 0 Å². The maximum atomic E-state index is 2.52. The topological polar surface area (TPSA) is 3.24 Å². The molecule has 0 N–H and O–H groups in total. The molecule has 1 heterocycles. The van der Waals surface area contributed by atoms with Crippen LogP contribution < -0.4 is 0 Å². The van der Waals surface area contributed by atoms with Crippen LogP contribution in [0.4, 0.5) is 0 Å². The van der Waals surface area contributed by atoms with Crippen LogP contribution >= 0.6 is 24.0 Å². The monoisotopic (exact) mass is 276 g/mol. The molecule has 0 bridgehead atoms. The standard InChI is InChI=1S/C5H10N.HI.Zn/c1-2-4-6-5-3-1;;/h1-5H2;1H;/q-1;;+1. The van der Waals surface area contributed by atoms with Gasteiger partial charge in [0.15, 0.2) is 0 Å². The molecule has 0 aromatic heterocycles. The van der Waals surface area contributed by atoms with Crippen LogP contribution in [-0.2, 0) is 18.5 Å². The summed E-state index contributed by atoms with van der Waals surface area (Å²) in [6, 6.07) is 0. The molecule has 1 aliphatic rings. The molecule has 1 aliphatic heterocycles. The third kappa shape index (κ3) is 3.36. The summed E-state index contributed by atoms with van der Waals surface area (Å²) in [5, 5.41) is 0. The normalized spacial score (nSPS) is 22.2. The van der Waals surface area contributed by atoms with E-state index in [2.05, 4.69) is 3.64 Å². The Morgan fingerprint density at radius 2 is 1.50 bits per heavy atom. The van der Waals surface area contributed by atoms with Gasteiger partial charge in [0.1, 0.15) is 0 Å². The molecule has 3 heteroatoms. The zero-order valence-corrected chi connectivity index (χ0v) is 10.4. The summed E-state index contributed by atoms with van der Waals surface area (Å²) in [6.45, 7) is 2.75. The molecular formula is C5H11INZn. The van der Waals surface area contributed by atoms with E-state index in [4.69, 9.17) is 0 Å². The molecule has 0 spiro atoms. The first kappa shape index (κ1) is 9.31. The van der Waals surface area contributed by atoms with E-state index in [9.17, 15) is 0 Å². The van der Waals surface area contributed by atoms with Gasteiger partial charge in [-0.3, -0.25) is 0 Å². The number of nitrogens with zero attached hydrogens (tertiary/aromatic N) is 1. The Labute approximate surface area is 78.2 Å². The van der Waals surface area contributed by atoms with Gasteiger partial charge in [0.05, 0.1) is 0 Å². The van der Waals surface area contributed by atoms with Gasteiger partial charge in [0.2, 0.25) is 0 Å². The van der Waals surface area contributed by atoms with Gasteiger partial charge in [-0.25, -0.2) is 0 Å². The Morgan fingerprint density at radius 3 is 1.75 bits per heavy atom. The van der Waals surface area contributed by atoms with E-state index in [1.807, 2.05) is 0 Å². The van der Waals surface area contributed by atoms with Crippen LogP contribution in [0.5, 0.6) is 0 Å². The number of piperidine rings is 1. The van der Waals surface area contributed by atoms with Gasteiger partial charge in [0.25, 0.3) is 0 Å². The first-order valence-corrected chi connectivity index (χ1v) is 4.28. The first-order valence-electron chi connectivity index (χ1n) is 2.95. The van der Waals surface area contributed by atoms with Crippen molar-refractivity contribution in [2.75, 3.05) is 13.1 Å². The second-order valence-corrected chi connectivity index (χ2v) is 4.06. The van der Waals surface area contributed by atoms with E-state index in [0.29, 0.717) is 0 Å². The van der Waals surface area contributed by atoms with Gasteiger partial charge < -0.3 is 0 Å². The second-order valence-electron chi connectivity index (χ2n) is 2.18. The zero-order valence-electron chi connectivity index (χ0n) is 5.10. The molecule has 0 radical (unpaired) electrons. The third-order valence-electron chi connectivity index (χ3n) is 1.45. The molecule has 0 atom stereocenters. The molecule has 8 heavy (non-hydrogen) atoms. The van der Waals surface area contributed by atoms with Crippen molar-refractivity contribution >= 4 is 24.0 Å². The summed E-state index contributed by atoms with van der Waals surface area (Å²) < 4.78 is 2.52. The molecule has 0 aromatic rings. The van der Waals surface area contributed by atoms with Gasteiger partial charge in [-0.1, -0.05) is 0 Å². The van der Waals surface area contributed by atoms with Crippen LogP contribution in [0.2, 0.25) is 0 Å². The van der Waals surface area contributed by atoms with E-state index in [1.54, 1.807) is 0 Å². The van der Waals surface area contributed by atoms with Crippen LogP contribution in [0.1, 0.15) is 19.3 Å². The van der Waals surface area contributed by atoms with E-state index >= 15 is 0 Å². The van der Waals surface area contributed by atoms with Crippen molar-refractivity contribution in [1.82, 2.24) is 3.64 Å². The molecule has 0 saturated carbocycles. The fourth-order valence-corrected chi connectivity index (χ4v) is 1.90. The van der Waals surface area contributed by atoms with E-state index in [0.717, 1.165) is 0 Å². The quantitative estimate of drug-likeness (QED) is 0.480. The van der Waals surface area contributed by atoms with Crippen molar-refractivity contribution < 1.29 is 18.5 Å². The molecule has 1 saturated heterocycles. The van der Waals surface area contributed by atoms with Gasteiger partial charge in [0, 0.05) is 0 Å².